The average Bonchev–Trinajstić information content (AvgIpc) is 2.56. The van der Waals surface area contributed by atoms with Crippen molar-refractivity contribution in [1.29, 1.82) is 0 Å². The molecule has 2 aromatic carbocycles. The van der Waals surface area contributed by atoms with E-state index in [4.69, 9.17) is 10.2 Å². The fourth-order valence-electron chi connectivity index (χ4n) is 2.90. The summed E-state index contributed by atoms with van der Waals surface area (Å²) in [4.78, 5) is 0.364. The van der Waals surface area contributed by atoms with Crippen molar-refractivity contribution in [3.63, 3.8) is 0 Å². The Balaban J connectivity index is 0.000000151. The lowest BCUT2D eigenvalue weighted by Gasteiger charge is -2.26. The molecule has 7 heteroatoms. The lowest BCUT2D eigenvalue weighted by atomic mass is 9.96. The molecule has 2 unspecified atom stereocenters. The SMILES string of the molecule is O=S1(=O)Nc2ccc1c1ccccc21.OCC1CCNCC1O. The summed E-state index contributed by atoms with van der Waals surface area (Å²) in [6.07, 6.45) is 0.543. The van der Waals surface area contributed by atoms with Gasteiger partial charge in [0.2, 0.25) is 0 Å². The zero-order chi connectivity index (χ0) is 16.4. The van der Waals surface area contributed by atoms with Crippen LogP contribution in [-0.2, 0) is 10.0 Å². The highest BCUT2D eigenvalue weighted by atomic mass is 32.2. The van der Waals surface area contributed by atoms with Gasteiger partial charge < -0.3 is 15.5 Å². The van der Waals surface area contributed by atoms with Gasteiger partial charge in [0.05, 0.1) is 16.7 Å². The molecule has 2 atom stereocenters. The number of aliphatic hydroxyl groups is 2. The highest BCUT2D eigenvalue weighted by molar-refractivity contribution is 7.93. The zero-order valence-electron chi connectivity index (χ0n) is 12.6. The number of benzene rings is 2. The Kier molecular flexibility index (Phi) is 4.54. The van der Waals surface area contributed by atoms with Gasteiger partial charge in [0.25, 0.3) is 10.0 Å². The standard InChI is InChI=1S/C10H7NO2S.C6H13NO2/c12-14(13)10-6-5-9(11-14)7-3-1-2-4-8(7)10;8-4-5-1-2-7-3-6(5)9/h1-6,11H;5-9H,1-4H2. The maximum absolute atomic E-state index is 11.6. The second kappa shape index (κ2) is 6.45. The fraction of sp³-hybridized carbons (Fsp3) is 0.375. The summed E-state index contributed by atoms with van der Waals surface area (Å²) in [5.41, 5.74) is 0.663. The third kappa shape index (κ3) is 3.18. The van der Waals surface area contributed by atoms with Gasteiger partial charge in [-0.25, -0.2) is 8.42 Å². The van der Waals surface area contributed by atoms with E-state index in [1.807, 2.05) is 24.3 Å². The van der Waals surface area contributed by atoms with E-state index in [0.717, 1.165) is 23.7 Å². The summed E-state index contributed by atoms with van der Waals surface area (Å²) in [6, 6.07) is 10.9. The maximum Gasteiger partial charge on any atom is 0.262 e. The summed E-state index contributed by atoms with van der Waals surface area (Å²) in [6.45, 7) is 1.66. The average molecular weight is 336 g/mol. The number of hydrogen-bond acceptors (Lipinski definition) is 5. The monoisotopic (exact) mass is 336 g/mol. The number of rotatable bonds is 1. The molecule has 3 aliphatic rings. The molecule has 3 aliphatic heterocycles. The topological polar surface area (TPSA) is 98.7 Å². The predicted octanol–water partition coefficient (Wildman–Crippen LogP) is 0.903. The van der Waals surface area contributed by atoms with E-state index in [-0.39, 0.29) is 18.6 Å². The molecule has 1 fully saturated rings. The van der Waals surface area contributed by atoms with Crippen LogP contribution >= 0.6 is 0 Å². The van der Waals surface area contributed by atoms with Crippen LogP contribution in [0.15, 0.2) is 41.3 Å². The number of anilines is 1. The summed E-state index contributed by atoms with van der Waals surface area (Å²) < 4.78 is 25.7. The molecule has 23 heavy (non-hydrogen) atoms. The highest BCUT2D eigenvalue weighted by Crippen LogP contribution is 2.35. The third-order valence-electron chi connectivity index (χ3n) is 4.24. The van der Waals surface area contributed by atoms with Crippen molar-refractivity contribution >= 4 is 26.5 Å². The van der Waals surface area contributed by atoms with Crippen molar-refractivity contribution in [1.82, 2.24) is 5.32 Å². The second-order valence-electron chi connectivity index (χ2n) is 5.77. The Morgan fingerprint density at radius 2 is 1.87 bits per heavy atom. The number of sulfonamides is 1. The van der Waals surface area contributed by atoms with Gasteiger partial charge in [-0.05, 0) is 25.1 Å². The molecule has 0 aliphatic carbocycles. The van der Waals surface area contributed by atoms with Crippen molar-refractivity contribution in [2.45, 2.75) is 17.4 Å². The Morgan fingerprint density at radius 3 is 2.48 bits per heavy atom. The van der Waals surface area contributed by atoms with Gasteiger partial charge in [0.15, 0.2) is 0 Å². The quantitative estimate of drug-likeness (QED) is 0.620. The zero-order valence-corrected chi connectivity index (χ0v) is 13.4. The smallest absolute Gasteiger partial charge is 0.262 e. The minimum atomic E-state index is -3.29. The van der Waals surface area contributed by atoms with Gasteiger partial charge in [-0.15, -0.1) is 0 Å². The molecule has 124 valence electrons. The molecular weight excluding hydrogens is 316 g/mol. The predicted molar refractivity (Wildman–Crippen MR) is 88.8 cm³/mol. The lowest BCUT2D eigenvalue weighted by molar-refractivity contribution is 0.0460. The fourth-order valence-corrected chi connectivity index (χ4v) is 4.20. The number of piperidine rings is 1. The number of aliphatic hydroxyl groups excluding tert-OH is 2. The molecule has 3 heterocycles. The van der Waals surface area contributed by atoms with Gasteiger partial charge >= 0.3 is 0 Å². The summed E-state index contributed by atoms with van der Waals surface area (Å²) in [5.74, 6) is 0.103. The molecule has 4 N–H and O–H groups in total. The first-order chi connectivity index (χ1) is 11.0. The molecule has 0 radical (unpaired) electrons. The van der Waals surface area contributed by atoms with Crippen LogP contribution in [0.3, 0.4) is 0 Å². The molecule has 6 nitrogen and oxygen atoms in total. The van der Waals surface area contributed by atoms with E-state index in [2.05, 4.69) is 10.0 Å². The van der Waals surface area contributed by atoms with Crippen molar-refractivity contribution < 1.29 is 18.6 Å². The van der Waals surface area contributed by atoms with Crippen molar-refractivity contribution in [3.8, 4) is 0 Å². The third-order valence-corrected chi connectivity index (χ3v) is 5.67. The van der Waals surface area contributed by atoms with E-state index in [9.17, 15) is 8.42 Å². The molecule has 0 aromatic heterocycles. The maximum atomic E-state index is 11.6. The number of fused-ring (bicyclic) bond motifs is 2. The minimum absolute atomic E-state index is 0.103. The van der Waals surface area contributed by atoms with Crippen molar-refractivity contribution in [2.75, 3.05) is 24.4 Å². The van der Waals surface area contributed by atoms with Crippen LogP contribution in [0.1, 0.15) is 6.42 Å². The first kappa shape index (κ1) is 16.2. The molecule has 0 spiro atoms. The Morgan fingerprint density at radius 1 is 1.13 bits per heavy atom. The number of β-amino-alcohol motifs (C(OH)–C–C–N with tert-alkyl or cyclic N) is 1. The molecule has 2 bridgehead atoms. The van der Waals surface area contributed by atoms with Crippen LogP contribution in [0.4, 0.5) is 5.69 Å². The van der Waals surface area contributed by atoms with Crippen molar-refractivity contribution in [2.24, 2.45) is 5.92 Å². The normalized spacial score (nSPS) is 24.6. The molecule has 2 aromatic rings. The van der Waals surface area contributed by atoms with Crippen LogP contribution in [0, 0.1) is 5.92 Å². The second-order valence-corrected chi connectivity index (χ2v) is 7.42. The van der Waals surface area contributed by atoms with Gasteiger partial charge in [-0.2, -0.15) is 0 Å². The molecule has 0 amide bonds. The van der Waals surface area contributed by atoms with Crippen LogP contribution in [0.2, 0.25) is 0 Å². The molecule has 0 saturated carbocycles. The molecule has 1 saturated heterocycles. The molecular formula is C16H20N2O4S. The van der Waals surface area contributed by atoms with Crippen LogP contribution in [0.5, 0.6) is 0 Å². The summed E-state index contributed by atoms with van der Waals surface area (Å²) in [7, 11) is -3.29. The number of hydrogen-bond donors (Lipinski definition) is 4. The minimum Gasteiger partial charge on any atom is -0.396 e. The van der Waals surface area contributed by atoms with Gasteiger partial charge in [-0.3, -0.25) is 4.72 Å². The van der Waals surface area contributed by atoms with E-state index >= 15 is 0 Å². The first-order valence-electron chi connectivity index (χ1n) is 7.57. The van der Waals surface area contributed by atoms with E-state index < -0.39 is 10.0 Å². The van der Waals surface area contributed by atoms with E-state index in [1.165, 1.54) is 0 Å². The summed E-state index contributed by atoms with van der Waals surface area (Å²) in [5, 5.41) is 22.6. The Labute approximate surface area is 135 Å². The Hall–Kier alpha value is -1.67. The van der Waals surface area contributed by atoms with Gasteiger partial charge in [-0.1, -0.05) is 24.3 Å². The number of nitrogens with one attached hydrogen (secondary N) is 2. The van der Waals surface area contributed by atoms with Crippen LogP contribution in [-0.4, -0.2) is 44.4 Å². The Bertz CT molecular complexity index is 807. The highest BCUT2D eigenvalue weighted by Gasteiger charge is 2.24. The van der Waals surface area contributed by atoms with Gasteiger partial charge in [0, 0.05) is 29.8 Å². The molecule has 5 rings (SSSR count). The van der Waals surface area contributed by atoms with E-state index in [0.29, 0.717) is 17.1 Å². The van der Waals surface area contributed by atoms with Crippen LogP contribution in [0.25, 0.3) is 10.8 Å². The van der Waals surface area contributed by atoms with Crippen LogP contribution < -0.4 is 10.0 Å². The van der Waals surface area contributed by atoms with E-state index in [1.54, 1.807) is 12.1 Å². The van der Waals surface area contributed by atoms with Gasteiger partial charge in [0.1, 0.15) is 0 Å². The van der Waals surface area contributed by atoms with Crippen molar-refractivity contribution in [3.05, 3.63) is 36.4 Å². The lowest BCUT2D eigenvalue weighted by Crippen LogP contribution is -2.41. The summed E-state index contributed by atoms with van der Waals surface area (Å²) >= 11 is 0. The largest absolute Gasteiger partial charge is 0.396 e. The first-order valence-corrected chi connectivity index (χ1v) is 9.05.